The molecular formula is C18H26F2N2O3. The molecule has 0 unspecified atom stereocenters. The number of ether oxygens (including phenoxy) is 2. The fourth-order valence-electron chi connectivity index (χ4n) is 3.08. The molecule has 1 N–H and O–H groups in total. The third kappa shape index (κ3) is 5.56. The molecule has 2 rings (SSSR count). The van der Waals surface area contributed by atoms with Crippen molar-refractivity contribution in [1.82, 2.24) is 10.2 Å². The van der Waals surface area contributed by atoms with Crippen molar-refractivity contribution in [2.45, 2.75) is 39.3 Å². The van der Waals surface area contributed by atoms with E-state index in [-0.39, 0.29) is 23.0 Å². The minimum Gasteiger partial charge on any atom is -0.493 e. The Morgan fingerprint density at radius 2 is 2.12 bits per heavy atom. The molecule has 1 fully saturated rings. The summed E-state index contributed by atoms with van der Waals surface area (Å²) in [6.45, 7) is 3.98. The lowest BCUT2D eigenvalue weighted by Crippen LogP contribution is -2.43. The highest BCUT2D eigenvalue weighted by Gasteiger charge is 2.22. The Bertz CT molecular complexity index is 581. The van der Waals surface area contributed by atoms with Gasteiger partial charge in [-0.3, -0.25) is 4.79 Å². The van der Waals surface area contributed by atoms with E-state index in [0.29, 0.717) is 18.5 Å². The van der Waals surface area contributed by atoms with E-state index < -0.39 is 6.61 Å². The van der Waals surface area contributed by atoms with Crippen LogP contribution in [0.1, 0.15) is 37.0 Å². The van der Waals surface area contributed by atoms with Crippen LogP contribution in [0.4, 0.5) is 8.78 Å². The topological polar surface area (TPSA) is 50.8 Å². The summed E-state index contributed by atoms with van der Waals surface area (Å²) in [7, 11) is 1.36. The van der Waals surface area contributed by atoms with E-state index in [1.165, 1.54) is 25.3 Å². The van der Waals surface area contributed by atoms with Gasteiger partial charge < -0.3 is 19.7 Å². The molecule has 0 saturated carbocycles. The molecule has 1 aliphatic rings. The van der Waals surface area contributed by atoms with Crippen LogP contribution in [0, 0.1) is 5.92 Å². The second kappa shape index (κ2) is 8.99. The number of piperidine rings is 1. The molecule has 25 heavy (non-hydrogen) atoms. The number of nitrogens with zero attached hydrogens (tertiary/aromatic N) is 1. The van der Waals surface area contributed by atoms with E-state index in [1.807, 2.05) is 0 Å². The first-order valence-corrected chi connectivity index (χ1v) is 8.55. The van der Waals surface area contributed by atoms with Crippen molar-refractivity contribution < 1.29 is 23.0 Å². The highest BCUT2D eigenvalue weighted by Crippen LogP contribution is 2.29. The summed E-state index contributed by atoms with van der Waals surface area (Å²) >= 11 is 0. The zero-order valence-corrected chi connectivity index (χ0v) is 14.9. The SMILES string of the molecule is COc1ccc(C(=O)NC[C@H]2CCCN(C(C)C)C2)cc1OC(F)F. The molecular weight excluding hydrogens is 330 g/mol. The zero-order valence-electron chi connectivity index (χ0n) is 14.9. The minimum absolute atomic E-state index is 0.145. The lowest BCUT2D eigenvalue weighted by molar-refractivity contribution is -0.0512. The molecule has 1 aliphatic heterocycles. The van der Waals surface area contributed by atoms with Crippen LogP contribution in [0.15, 0.2) is 18.2 Å². The quantitative estimate of drug-likeness (QED) is 0.815. The fraction of sp³-hybridized carbons (Fsp3) is 0.611. The number of carbonyl (C=O) groups is 1. The largest absolute Gasteiger partial charge is 0.493 e. The van der Waals surface area contributed by atoms with Crippen LogP contribution < -0.4 is 14.8 Å². The summed E-state index contributed by atoms with van der Waals surface area (Å²) in [5.41, 5.74) is 0.271. The second-order valence-electron chi connectivity index (χ2n) is 6.55. The Kier molecular flexibility index (Phi) is 6.99. The van der Waals surface area contributed by atoms with Gasteiger partial charge in [-0.1, -0.05) is 0 Å². The van der Waals surface area contributed by atoms with E-state index in [0.717, 1.165) is 25.9 Å². The smallest absolute Gasteiger partial charge is 0.387 e. The van der Waals surface area contributed by atoms with E-state index in [2.05, 4.69) is 28.8 Å². The van der Waals surface area contributed by atoms with Crippen molar-refractivity contribution in [3.05, 3.63) is 23.8 Å². The average Bonchev–Trinajstić information content (AvgIpc) is 2.59. The van der Waals surface area contributed by atoms with Gasteiger partial charge in [-0.05, 0) is 57.4 Å². The molecule has 0 aromatic heterocycles. The Morgan fingerprint density at radius 1 is 1.36 bits per heavy atom. The maximum absolute atomic E-state index is 12.5. The zero-order chi connectivity index (χ0) is 18.4. The molecule has 1 amide bonds. The Hall–Kier alpha value is -1.89. The number of likely N-dealkylation sites (tertiary alicyclic amines) is 1. The maximum Gasteiger partial charge on any atom is 0.387 e. The number of nitrogens with one attached hydrogen (secondary N) is 1. The Labute approximate surface area is 147 Å². The van der Waals surface area contributed by atoms with E-state index in [9.17, 15) is 13.6 Å². The first kappa shape index (κ1) is 19.4. The molecule has 1 atom stereocenters. The van der Waals surface area contributed by atoms with Crippen LogP contribution in [0.25, 0.3) is 0 Å². The van der Waals surface area contributed by atoms with Gasteiger partial charge in [-0.2, -0.15) is 8.78 Å². The molecule has 1 saturated heterocycles. The van der Waals surface area contributed by atoms with Crippen molar-refractivity contribution >= 4 is 5.91 Å². The number of hydrogen-bond acceptors (Lipinski definition) is 4. The third-order valence-corrected chi connectivity index (χ3v) is 4.47. The predicted molar refractivity (Wildman–Crippen MR) is 91.4 cm³/mol. The summed E-state index contributed by atoms with van der Waals surface area (Å²) in [5.74, 6) is 0.115. The van der Waals surface area contributed by atoms with Gasteiger partial charge in [0.2, 0.25) is 0 Å². The summed E-state index contributed by atoms with van der Waals surface area (Å²) < 4.78 is 34.4. The monoisotopic (exact) mass is 356 g/mol. The third-order valence-electron chi connectivity index (χ3n) is 4.47. The number of rotatable bonds is 7. The van der Waals surface area contributed by atoms with Crippen LogP contribution in [0.5, 0.6) is 11.5 Å². The molecule has 5 nitrogen and oxygen atoms in total. The molecule has 140 valence electrons. The normalized spacial score (nSPS) is 18.4. The predicted octanol–water partition coefficient (Wildman–Crippen LogP) is 3.15. The molecule has 1 aromatic rings. The lowest BCUT2D eigenvalue weighted by Gasteiger charge is -2.35. The van der Waals surface area contributed by atoms with Gasteiger partial charge in [0.15, 0.2) is 11.5 Å². The minimum atomic E-state index is -2.98. The van der Waals surface area contributed by atoms with Crippen LogP contribution >= 0.6 is 0 Å². The van der Waals surface area contributed by atoms with Crippen LogP contribution in [0.3, 0.4) is 0 Å². The van der Waals surface area contributed by atoms with Crippen molar-refractivity contribution in [3.63, 3.8) is 0 Å². The van der Waals surface area contributed by atoms with Crippen LogP contribution in [-0.2, 0) is 0 Å². The highest BCUT2D eigenvalue weighted by atomic mass is 19.3. The summed E-state index contributed by atoms with van der Waals surface area (Å²) in [6, 6.07) is 4.76. The molecule has 0 aliphatic carbocycles. The lowest BCUT2D eigenvalue weighted by atomic mass is 9.97. The Morgan fingerprint density at radius 3 is 2.76 bits per heavy atom. The standard InChI is InChI=1S/C18H26F2N2O3/c1-12(2)22-8-4-5-13(11-22)10-21-17(23)14-6-7-15(24-3)16(9-14)25-18(19)20/h6-7,9,12-13,18H,4-5,8,10-11H2,1-3H3,(H,21,23)/t13-/m1/s1. The van der Waals surface area contributed by atoms with Crippen molar-refractivity contribution in [2.24, 2.45) is 5.92 Å². The highest BCUT2D eigenvalue weighted by molar-refractivity contribution is 5.94. The molecule has 1 heterocycles. The summed E-state index contributed by atoms with van der Waals surface area (Å²) in [5, 5.41) is 2.90. The summed E-state index contributed by atoms with van der Waals surface area (Å²) in [6.07, 6.45) is 2.19. The number of benzene rings is 1. The van der Waals surface area contributed by atoms with Crippen molar-refractivity contribution in [3.8, 4) is 11.5 Å². The number of alkyl halides is 2. The molecule has 1 aromatic carbocycles. The van der Waals surface area contributed by atoms with Gasteiger partial charge in [0, 0.05) is 24.7 Å². The number of amides is 1. The van der Waals surface area contributed by atoms with Crippen molar-refractivity contribution in [1.29, 1.82) is 0 Å². The van der Waals surface area contributed by atoms with Crippen LogP contribution in [0.2, 0.25) is 0 Å². The molecule has 0 spiro atoms. The van der Waals surface area contributed by atoms with Gasteiger partial charge in [0.05, 0.1) is 7.11 Å². The van der Waals surface area contributed by atoms with Crippen molar-refractivity contribution in [2.75, 3.05) is 26.7 Å². The van der Waals surface area contributed by atoms with Gasteiger partial charge in [-0.25, -0.2) is 0 Å². The fourth-order valence-corrected chi connectivity index (χ4v) is 3.08. The van der Waals surface area contributed by atoms with Crippen LogP contribution in [-0.4, -0.2) is 50.2 Å². The average molecular weight is 356 g/mol. The maximum atomic E-state index is 12.5. The van der Waals surface area contributed by atoms with Gasteiger partial charge in [0.25, 0.3) is 5.91 Å². The van der Waals surface area contributed by atoms with Gasteiger partial charge in [0.1, 0.15) is 0 Å². The second-order valence-corrected chi connectivity index (χ2v) is 6.55. The summed E-state index contributed by atoms with van der Waals surface area (Å²) in [4.78, 5) is 14.7. The molecule has 0 radical (unpaired) electrons. The van der Waals surface area contributed by atoms with E-state index in [1.54, 1.807) is 0 Å². The van der Waals surface area contributed by atoms with Gasteiger partial charge >= 0.3 is 6.61 Å². The first-order chi connectivity index (χ1) is 11.9. The number of halogens is 2. The Balaban J connectivity index is 1.96. The number of methoxy groups -OCH3 is 1. The molecule has 7 heteroatoms. The first-order valence-electron chi connectivity index (χ1n) is 8.55. The number of hydrogen-bond donors (Lipinski definition) is 1. The van der Waals surface area contributed by atoms with Gasteiger partial charge in [-0.15, -0.1) is 0 Å². The van der Waals surface area contributed by atoms with E-state index >= 15 is 0 Å². The number of carbonyl (C=O) groups excluding carboxylic acids is 1. The molecule has 0 bridgehead atoms. The van der Waals surface area contributed by atoms with E-state index in [4.69, 9.17) is 4.74 Å².